The third kappa shape index (κ3) is 4.20. The maximum Gasteiger partial charge on any atom is 0.240 e. The molecule has 2 N–H and O–H groups in total. The monoisotopic (exact) mass is 390 g/mol. The second-order valence-electron chi connectivity index (χ2n) is 6.91. The van der Waals surface area contributed by atoms with E-state index in [9.17, 15) is 17.6 Å². The third-order valence-electron chi connectivity index (χ3n) is 5.05. The summed E-state index contributed by atoms with van der Waals surface area (Å²) in [6.45, 7) is 2.14. The molecule has 0 saturated heterocycles. The van der Waals surface area contributed by atoms with Crippen LogP contribution >= 0.6 is 0 Å². The molecule has 0 aliphatic heterocycles. The number of halogens is 1. The highest BCUT2D eigenvalue weighted by atomic mass is 32.2. The first-order valence-electron chi connectivity index (χ1n) is 8.94. The first-order chi connectivity index (χ1) is 12.8. The van der Waals surface area contributed by atoms with Crippen LogP contribution in [0.15, 0.2) is 53.4 Å². The number of hydrogen-bond acceptors (Lipinski definition) is 3. The Morgan fingerprint density at radius 1 is 1.11 bits per heavy atom. The number of amides is 1. The van der Waals surface area contributed by atoms with Gasteiger partial charge in [-0.2, -0.15) is 0 Å². The van der Waals surface area contributed by atoms with Crippen molar-refractivity contribution in [2.24, 2.45) is 0 Å². The van der Waals surface area contributed by atoms with Crippen LogP contribution in [0.4, 0.5) is 4.39 Å². The van der Waals surface area contributed by atoms with Crippen LogP contribution in [0.2, 0.25) is 0 Å². The lowest BCUT2D eigenvalue weighted by Crippen LogP contribution is -2.50. The average molecular weight is 390 g/mol. The Hall–Kier alpha value is -2.25. The summed E-state index contributed by atoms with van der Waals surface area (Å²) in [6.07, 6.45) is 2.23. The summed E-state index contributed by atoms with van der Waals surface area (Å²) < 4.78 is 40.5. The summed E-state index contributed by atoms with van der Waals surface area (Å²) in [5.74, 6) is -0.550. The van der Waals surface area contributed by atoms with Gasteiger partial charge in [-0.25, -0.2) is 17.5 Å². The van der Waals surface area contributed by atoms with Gasteiger partial charge in [0.15, 0.2) is 0 Å². The standard InChI is InChI=1S/C20H23FN2O3S/c1-15-6-8-18(9-7-15)27(25,26)23-13-12-22-19(24)20(10-3-11-20)16-4-2-5-17(21)14-16/h2,4-9,14,23H,3,10-13H2,1H3,(H,22,24). The van der Waals surface area contributed by atoms with Crippen LogP contribution in [0, 0.1) is 12.7 Å². The molecule has 0 unspecified atom stereocenters. The zero-order valence-electron chi connectivity index (χ0n) is 15.2. The number of hydrogen-bond donors (Lipinski definition) is 2. The fraction of sp³-hybridized carbons (Fsp3) is 0.350. The highest BCUT2D eigenvalue weighted by molar-refractivity contribution is 7.89. The lowest BCUT2D eigenvalue weighted by atomic mass is 9.64. The Kier molecular flexibility index (Phi) is 5.62. The van der Waals surface area contributed by atoms with E-state index in [0.717, 1.165) is 12.0 Å². The van der Waals surface area contributed by atoms with Gasteiger partial charge in [0.25, 0.3) is 0 Å². The number of aryl methyl sites for hydroxylation is 1. The van der Waals surface area contributed by atoms with Crippen LogP contribution in [-0.2, 0) is 20.2 Å². The van der Waals surface area contributed by atoms with Gasteiger partial charge >= 0.3 is 0 Å². The Morgan fingerprint density at radius 3 is 2.41 bits per heavy atom. The molecule has 3 rings (SSSR count). The van der Waals surface area contributed by atoms with E-state index in [-0.39, 0.29) is 29.7 Å². The van der Waals surface area contributed by atoms with Crippen LogP contribution in [0.25, 0.3) is 0 Å². The predicted molar refractivity (Wildman–Crippen MR) is 101 cm³/mol. The molecule has 5 nitrogen and oxygen atoms in total. The summed E-state index contributed by atoms with van der Waals surface area (Å²) in [7, 11) is -3.61. The van der Waals surface area contributed by atoms with Crippen molar-refractivity contribution in [3.63, 3.8) is 0 Å². The quantitative estimate of drug-likeness (QED) is 0.714. The molecule has 1 aliphatic carbocycles. The largest absolute Gasteiger partial charge is 0.354 e. The van der Waals surface area contributed by atoms with Gasteiger partial charge in [-0.1, -0.05) is 36.2 Å². The molecule has 7 heteroatoms. The van der Waals surface area contributed by atoms with Gasteiger partial charge in [0, 0.05) is 13.1 Å². The van der Waals surface area contributed by atoms with E-state index in [1.807, 2.05) is 6.92 Å². The molecule has 144 valence electrons. The Bertz CT molecular complexity index is 922. The number of rotatable bonds is 7. The van der Waals surface area contributed by atoms with Crippen molar-refractivity contribution in [3.05, 3.63) is 65.5 Å². The van der Waals surface area contributed by atoms with E-state index in [4.69, 9.17) is 0 Å². The molecule has 0 spiro atoms. The first kappa shape index (κ1) is 19.5. The fourth-order valence-corrected chi connectivity index (χ4v) is 4.33. The molecule has 1 saturated carbocycles. The highest BCUT2D eigenvalue weighted by Crippen LogP contribution is 2.44. The second kappa shape index (κ2) is 7.78. The molecule has 0 heterocycles. The average Bonchev–Trinajstić information content (AvgIpc) is 2.58. The zero-order valence-corrected chi connectivity index (χ0v) is 16.0. The van der Waals surface area contributed by atoms with E-state index >= 15 is 0 Å². The smallest absolute Gasteiger partial charge is 0.240 e. The summed E-state index contributed by atoms with van der Waals surface area (Å²) in [4.78, 5) is 12.9. The molecule has 1 aliphatic rings. The molecule has 1 fully saturated rings. The van der Waals surface area contributed by atoms with Gasteiger partial charge in [-0.3, -0.25) is 4.79 Å². The normalized spacial score (nSPS) is 15.8. The van der Waals surface area contributed by atoms with Crippen molar-refractivity contribution in [2.75, 3.05) is 13.1 Å². The first-order valence-corrected chi connectivity index (χ1v) is 10.4. The molecule has 0 atom stereocenters. The van der Waals surface area contributed by atoms with Crippen molar-refractivity contribution in [2.45, 2.75) is 36.5 Å². The number of carbonyl (C=O) groups is 1. The molecule has 0 bridgehead atoms. The van der Waals surface area contributed by atoms with E-state index in [0.29, 0.717) is 18.4 Å². The van der Waals surface area contributed by atoms with Gasteiger partial charge in [0.2, 0.25) is 15.9 Å². The van der Waals surface area contributed by atoms with Crippen LogP contribution in [0.5, 0.6) is 0 Å². The zero-order chi connectivity index (χ0) is 19.5. The van der Waals surface area contributed by atoms with Gasteiger partial charge in [0.05, 0.1) is 10.3 Å². The highest BCUT2D eigenvalue weighted by Gasteiger charge is 2.45. The predicted octanol–water partition coefficient (Wildman–Crippen LogP) is 2.65. The number of nitrogens with one attached hydrogen (secondary N) is 2. The van der Waals surface area contributed by atoms with Gasteiger partial charge < -0.3 is 5.32 Å². The maximum absolute atomic E-state index is 13.5. The van der Waals surface area contributed by atoms with Gasteiger partial charge in [0.1, 0.15) is 5.82 Å². The van der Waals surface area contributed by atoms with Crippen LogP contribution in [0.3, 0.4) is 0 Å². The minimum absolute atomic E-state index is 0.0845. The van der Waals surface area contributed by atoms with Crippen molar-refractivity contribution < 1.29 is 17.6 Å². The molecule has 1 amide bonds. The van der Waals surface area contributed by atoms with E-state index in [1.54, 1.807) is 36.4 Å². The number of carbonyl (C=O) groups excluding carboxylic acids is 1. The van der Waals surface area contributed by atoms with Crippen LogP contribution in [-0.4, -0.2) is 27.4 Å². The van der Waals surface area contributed by atoms with Crippen molar-refractivity contribution in [3.8, 4) is 0 Å². The molecule has 27 heavy (non-hydrogen) atoms. The van der Waals surface area contributed by atoms with E-state index < -0.39 is 15.4 Å². The minimum atomic E-state index is -3.61. The number of sulfonamides is 1. The summed E-state index contributed by atoms with van der Waals surface area (Å²) in [5.41, 5.74) is 0.939. The molecular weight excluding hydrogens is 367 g/mol. The maximum atomic E-state index is 13.5. The number of benzene rings is 2. The summed E-state index contributed by atoms with van der Waals surface area (Å²) >= 11 is 0. The van der Waals surface area contributed by atoms with Crippen LogP contribution in [0.1, 0.15) is 30.4 Å². The van der Waals surface area contributed by atoms with E-state index in [1.165, 1.54) is 12.1 Å². The summed E-state index contributed by atoms with van der Waals surface area (Å²) in [5, 5.41) is 2.79. The Balaban J connectivity index is 1.57. The van der Waals surface area contributed by atoms with Crippen molar-refractivity contribution >= 4 is 15.9 Å². The van der Waals surface area contributed by atoms with Crippen LogP contribution < -0.4 is 10.0 Å². The molecule has 0 radical (unpaired) electrons. The molecular formula is C20H23FN2O3S. The summed E-state index contributed by atoms with van der Waals surface area (Å²) in [6, 6.07) is 12.7. The lowest BCUT2D eigenvalue weighted by Gasteiger charge is -2.40. The topological polar surface area (TPSA) is 75.3 Å². The Labute approximate surface area is 159 Å². The third-order valence-corrected chi connectivity index (χ3v) is 6.53. The Morgan fingerprint density at radius 2 is 1.81 bits per heavy atom. The second-order valence-corrected chi connectivity index (χ2v) is 8.68. The minimum Gasteiger partial charge on any atom is -0.354 e. The van der Waals surface area contributed by atoms with Gasteiger partial charge in [-0.05, 0) is 49.6 Å². The molecule has 2 aromatic rings. The van der Waals surface area contributed by atoms with Crippen molar-refractivity contribution in [1.29, 1.82) is 0 Å². The molecule has 0 aromatic heterocycles. The lowest BCUT2D eigenvalue weighted by molar-refractivity contribution is -0.129. The fourth-order valence-electron chi connectivity index (χ4n) is 3.29. The SMILES string of the molecule is Cc1ccc(S(=O)(=O)NCCNC(=O)C2(c3cccc(F)c3)CCC2)cc1. The van der Waals surface area contributed by atoms with Gasteiger partial charge in [-0.15, -0.1) is 0 Å². The molecule has 2 aromatic carbocycles. The van der Waals surface area contributed by atoms with Crippen molar-refractivity contribution in [1.82, 2.24) is 10.0 Å². The van der Waals surface area contributed by atoms with E-state index in [2.05, 4.69) is 10.0 Å².